The van der Waals surface area contributed by atoms with Crippen molar-refractivity contribution < 1.29 is 4.39 Å². The predicted molar refractivity (Wildman–Crippen MR) is 72.5 cm³/mol. The van der Waals surface area contributed by atoms with Crippen molar-refractivity contribution in [3.8, 4) is 11.3 Å². The zero-order valence-electron chi connectivity index (χ0n) is 10.1. The van der Waals surface area contributed by atoms with Crippen LogP contribution in [0.25, 0.3) is 22.0 Å². The highest BCUT2D eigenvalue weighted by atomic mass is 35.5. The Hall–Kier alpha value is -2.07. The second-order valence-corrected chi connectivity index (χ2v) is 4.60. The van der Waals surface area contributed by atoms with Gasteiger partial charge in [0.1, 0.15) is 11.0 Å². The number of rotatable bonds is 1. The highest BCUT2D eigenvalue weighted by Gasteiger charge is 2.09. The first kappa shape index (κ1) is 12.0. The molecule has 0 spiro atoms. The maximum absolute atomic E-state index is 13.5. The van der Waals surface area contributed by atoms with Crippen molar-refractivity contribution in [2.45, 2.75) is 6.92 Å². The summed E-state index contributed by atoms with van der Waals surface area (Å²) in [5, 5.41) is 2.22. The second-order valence-electron chi connectivity index (χ2n) is 4.22. The molecule has 3 heterocycles. The number of fused-ring (bicyclic) bond motifs is 1. The van der Waals surface area contributed by atoms with Crippen LogP contribution in [0.3, 0.4) is 0 Å². The highest BCUT2D eigenvalue weighted by molar-refractivity contribution is 6.30. The Bertz CT molecular complexity index is 774. The molecule has 3 aromatic rings. The molecular formula is C14H9ClFN3. The summed E-state index contributed by atoms with van der Waals surface area (Å²) in [6.45, 7) is 1.71. The van der Waals surface area contributed by atoms with Crippen LogP contribution in [0, 0.1) is 12.7 Å². The smallest absolute Gasteiger partial charge is 0.145 e. The van der Waals surface area contributed by atoms with E-state index in [9.17, 15) is 4.39 Å². The van der Waals surface area contributed by atoms with Gasteiger partial charge in [0.2, 0.25) is 0 Å². The maximum atomic E-state index is 13.5. The standard InChI is InChI=1S/C14H9ClFN3/c1-8-11(6-17-7-12(8)16)13-2-9-5-19-14(15)3-10(9)4-18-13/h2-7H,1H3. The van der Waals surface area contributed by atoms with Crippen LogP contribution in [-0.4, -0.2) is 15.0 Å². The molecule has 0 saturated heterocycles. The molecule has 0 atom stereocenters. The van der Waals surface area contributed by atoms with Gasteiger partial charge in [-0.2, -0.15) is 0 Å². The van der Waals surface area contributed by atoms with Crippen molar-refractivity contribution in [1.29, 1.82) is 0 Å². The van der Waals surface area contributed by atoms with Gasteiger partial charge in [-0.25, -0.2) is 9.37 Å². The van der Waals surface area contributed by atoms with E-state index in [1.165, 1.54) is 6.20 Å². The van der Waals surface area contributed by atoms with Crippen LogP contribution in [0.1, 0.15) is 5.56 Å². The first-order chi connectivity index (χ1) is 9.15. The Morgan fingerprint density at radius 3 is 2.58 bits per heavy atom. The Morgan fingerprint density at radius 2 is 1.74 bits per heavy atom. The van der Waals surface area contributed by atoms with E-state index in [0.29, 0.717) is 22.0 Å². The first-order valence-electron chi connectivity index (χ1n) is 5.67. The minimum absolute atomic E-state index is 0.339. The molecule has 0 aliphatic heterocycles. The third-order valence-electron chi connectivity index (χ3n) is 3.00. The van der Waals surface area contributed by atoms with Gasteiger partial charge in [-0.3, -0.25) is 9.97 Å². The summed E-state index contributed by atoms with van der Waals surface area (Å²) in [5.74, 6) is -0.339. The Morgan fingerprint density at radius 1 is 1.00 bits per heavy atom. The topological polar surface area (TPSA) is 38.7 Å². The zero-order chi connectivity index (χ0) is 13.4. The zero-order valence-corrected chi connectivity index (χ0v) is 10.8. The van der Waals surface area contributed by atoms with Crippen molar-refractivity contribution in [3.63, 3.8) is 0 Å². The molecule has 3 aromatic heterocycles. The van der Waals surface area contributed by atoms with Crippen LogP contribution in [0.15, 0.2) is 36.9 Å². The average Bonchev–Trinajstić information content (AvgIpc) is 2.41. The Labute approximate surface area is 114 Å². The summed E-state index contributed by atoms with van der Waals surface area (Å²) in [6, 6.07) is 3.59. The van der Waals surface area contributed by atoms with Crippen LogP contribution >= 0.6 is 11.6 Å². The summed E-state index contributed by atoms with van der Waals surface area (Å²) in [4.78, 5) is 12.2. The van der Waals surface area contributed by atoms with E-state index in [-0.39, 0.29) is 5.82 Å². The molecule has 3 nitrogen and oxygen atoms in total. The molecular weight excluding hydrogens is 265 g/mol. The molecule has 0 fully saturated rings. The van der Waals surface area contributed by atoms with Crippen LogP contribution in [0.5, 0.6) is 0 Å². The van der Waals surface area contributed by atoms with E-state index in [1.54, 1.807) is 31.6 Å². The molecule has 0 saturated carbocycles. The van der Waals surface area contributed by atoms with Crippen LogP contribution in [0.2, 0.25) is 5.15 Å². The number of hydrogen-bond donors (Lipinski definition) is 0. The van der Waals surface area contributed by atoms with Gasteiger partial charge >= 0.3 is 0 Å². The van der Waals surface area contributed by atoms with Crippen LogP contribution in [0.4, 0.5) is 4.39 Å². The molecule has 0 N–H and O–H groups in total. The number of aromatic nitrogens is 3. The van der Waals surface area contributed by atoms with Gasteiger partial charge in [0.15, 0.2) is 0 Å². The lowest BCUT2D eigenvalue weighted by molar-refractivity contribution is 0.612. The van der Waals surface area contributed by atoms with Gasteiger partial charge in [-0.15, -0.1) is 0 Å². The van der Waals surface area contributed by atoms with E-state index in [1.807, 2.05) is 6.07 Å². The van der Waals surface area contributed by atoms with Gasteiger partial charge in [0.25, 0.3) is 0 Å². The van der Waals surface area contributed by atoms with E-state index < -0.39 is 0 Å². The molecule has 0 unspecified atom stereocenters. The fourth-order valence-corrected chi connectivity index (χ4v) is 2.08. The molecule has 0 amide bonds. The summed E-state index contributed by atoms with van der Waals surface area (Å²) in [5.41, 5.74) is 1.88. The SMILES string of the molecule is Cc1c(F)cncc1-c1cc2cnc(Cl)cc2cn1. The van der Waals surface area contributed by atoms with E-state index in [0.717, 1.165) is 10.8 Å². The fourth-order valence-electron chi connectivity index (χ4n) is 1.92. The van der Waals surface area contributed by atoms with Gasteiger partial charge in [0, 0.05) is 34.9 Å². The number of pyridine rings is 3. The maximum Gasteiger partial charge on any atom is 0.145 e. The van der Waals surface area contributed by atoms with Crippen LogP contribution in [-0.2, 0) is 0 Å². The van der Waals surface area contributed by atoms with E-state index >= 15 is 0 Å². The van der Waals surface area contributed by atoms with Crippen molar-refractivity contribution in [1.82, 2.24) is 15.0 Å². The van der Waals surface area contributed by atoms with Gasteiger partial charge < -0.3 is 0 Å². The van der Waals surface area contributed by atoms with Crippen molar-refractivity contribution >= 4 is 22.4 Å². The molecule has 0 radical (unpaired) electrons. The summed E-state index contributed by atoms with van der Waals surface area (Å²) < 4.78 is 13.5. The van der Waals surface area contributed by atoms with Crippen LogP contribution < -0.4 is 0 Å². The molecule has 0 aliphatic rings. The van der Waals surface area contributed by atoms with Crippen molar-refractivity contribution in [2.75, 3.05) is 0 Å². The quantitative estimate of drug-likeness (QED) is 0.633. The molecule has 0 bridgehead atoms. The Balaban J connectivity index is 2.20. The molecule has 3 rings (SSSR count). The van der Waals surface area contributed by atoms with Crippen molar-refractivity contribution in [2.24, 2.45) is 0 Å². The van der Waals surface area contributed by atoms with E-state index in [2.05, 4.69) is 15.0 Å². The highest BCUT2D eigenvalue weighted by Crippen LogP contribution is 2.25. The van der Waals surface area contributed by atoms with Gasteiger partial charge in [0.05, 0.1) is 11.9 Å². The fraction of sp³-hybridized carbons (Fsp3) is 0.0714. The lowest BCUT2D eigenvalue weighted by atomic mass is 10.1. The summed E-state index contributed by atoms with van der Waals surface area (Å²) >= 11 is 5.82. The van der Waals surface area contributed by atoms with Crippen molar-refractivity contribution in [3.05, 3.63) is 53.5 Å². The molecule has 19 heavy (non-hydrogen) atoms. The summed E-state index contributed by atoms with van der Waals surface area (Å²) in [6.07, 6.45) is 6.17. The Kier molecular flexibility index (Phi) is 2.87. The largest absolute Gasteiger partial charge is 0.261 e. The molecule has 0 aliphatic carbocycles. The van der Waals surface area contributed by atoms with Gasteiger partial charge in [-0.1, -0.05) is 11.6 Å². The average molecular weight is 274 g/mol. The van der Waals surface area contributed by atoms with Gasteiger partial charge in [-0.05, 0) is 24.6 Å². The summed E-state index contributed by atoms with van der Waals surface area (Å²) in [7, 11) is 0. The minimum atomic E-state index is -0.339. The first-order valence-corrected chi connectivity index (χ1v) is 6.05. The predicted octanol–water partition coefficient (Wildman–Crippen LogP) is 3.79. The normalized spacial score (nSPS) is 10.9. The third kappa shape index (κ3) is 2.15. The molecule has 94 valence electrons. The number of hydrogen-bond acceptors (Lipinski definition) is 3. The number of halogens is 2. The lowest BCUT2D eigenvalue weighted by Gasteiger charge is -2.06. The third-order valence-corrected chi connectivity index (χ3v) is 3.21. The lowest BCUT2D eigenvalue weighted by Crippen LogP contribution is -1.92. The van der Waals surface area contributed by atoms with E-state index in [4.69, 9.17) is 11.6 Å². The monoisotopic (exact) mass is 273 g/mol. The molecule has 0 aromatic carbocycles. The number of nitrogens with zero attached hydrogens (tertiary/aromatic N) is 3. The minimum Gasteiger partial charge on any atom is -0.261 e. The molecule has 5 heteroatoms. The second kappa shape index (κ2) is 4.55.